The van der Waals surface area contributed by atoms with Crippen LogP contribution < -0.4 is 4.90 Å². The van der Waals surface area contributed by atoms with Gasteiger partial charge in [-0.05, 0) is 51.0 Å². The summed E-state index contributed by atoms with van der Waals surface area (Å²) in [5, 5.41) is 8.90. The predicted molar refractivity (Wildman–Crippen MR) is 99.4 cm³/mol. The number of carbonyl (C=O) groups is 1. The summed E-state index contributed by atoms with van der Waals surface area (Å²) in [6.07, 6.45) is 1.84. The molecule has 0 aromatic heterocycles. The first-order valence-electron chi connectivity index (χ1n) is 9.36. The molecule has 0 saturated carbocycles. The molecule has 0 unspecified atom stereocenters. The molecule has 2 aliphatic heterocycles. The zero-order valence-corrected chi connectivity index (χ0v) is 15.3. The molecule has 2 fully saturated rings. The Bertz CT molecular complexity index is 618. The maximum Gasteiger partial charge on any atom is 0.225 e. The van der Waals surface area contributed by atoms with Crippen molar-refractivity contribution >= 4 is 11.6 Å². The van der Waals surface area contributed by atoms with Crippen LogP contribution in [0, 0.1) is 17.2 Å². The number of nitriles is 1. The third-order valence-electron chi connectivity index (χ3n) is 5.56. The van der Waals surface area contributed by atoms with Gasteiger partial charge in [0.1, 0.15) is 0 Å². The van der Waals surface area contributed by atoms with Gasteiger partial charge in [0.15, 0.2) is 0 Å². The van der Waals surface area contributed by atoms with Crippen molar-refractivity contribution in [2.45, 2.75) is 32.7 Å². The molecule has 0 radical (unpaired) electrons. The van der Waals surface area contributed by atoms with E-state index in [0.717, 1.165) is 57.8 Å². The monoisotopic (exact) mass is 340 g/mol. The minimum absolute atomic E-state index is 0.167. The minimum atomic E-state index is 0.167. The molecular formula is C20H28N4O. The summed E-state index contributed by atoms with van der Waals surface area (Å²) in [4.78, 5) is 19.6. The summed E-state index contributed by atoms with van der Waals surface area (Å²) in [5.41, 5.74) is 1.84. The van der Waals surface area contributed by atoms with Crippen molar-refractivity contribution in [3.05, 3.63) is 29.8 Å². The molecule has 0 N–H and O–H groups in total. The number of carbonyl (C=O) groups excluding carboxylic acids is 1. The van der Waals surface area contributed by atoms with Crippen LogP contribution in [0.5, 0.6) is 0 Å². The van der Waals surface area contributed by atoms with Gasteiger partial charge >= 0.3 is 0 Å². The van der Waals surface area contributed by atoms with E-state index in [0.29, 0.717) is 17.5 Å². The van der Waals surface area contributed by atoms with Crippen molar-refractivity contribution < 1.29 is 4.79 Å². The SMILES string of the molecule is CC(C)N1CCN(C(=O)C2CCN(c3ccc(C#N)cc3)CC2)CC1. The molecular weight excluding hydrogens is 312 g/mol. The summed E-state index contributed by atoms with van der Waals surface area (Å²) in [6.45, 7) is 9.98. The van der Waals surface area contributed by atoms with Crippen molar-refractivity contribution in [2.24, 2.45) is 5.92 Å². The van der Waals surface area contributed by atoms with E-state index in [-0.39, 0.29) is 5.92 Å². The molecule has 1 amide bonds. The maximum absolute atomic E-state index is 12.8. The van der Waals surface area contributed by atoms with E-state index in [9.17, 15) is 4.79 Å². The number of anilines is 1. The lowest BCUT2D eigenvalue weighted by molar-refractivity contribution is -0.138. The molecule has 3 rings (SSSR count). The van der Waals surface area contributed by atoms with Gasteiger partial charge < -0.3 is 9.80 Å². The topological polar surface area (TPSA) is 50.6 Å². The smallest absolute Gasteiger partial charge is 0.225 e. The first-order valence-corrected chi connectivity index (χ1v) is 9.36. The van der Waals surface area contributed by atoms with Crippen LogP contribution >= 0.6 is 0 Å². The van der Waals surface area contributed by atoms with Gasteiger partial charge in [0, 0.05) is 56.9 Å². The Morgan fingerprint density at radius 1 is 1.04 bits per heavy atom. The van der Waals surface area contributed by atoms with Crippen LogP contribution in [0.1, 0.15) is 32.3 Å². The van der Waals surface area contributed by atoms with E-state index in [2.05, 4.69) is 34.6 Å². The van der Waals surface area contributed by atoms with E-state index >= 15 is 0 Å². The Labute approximate surface area is 150 Å². The van der Waals surface area contributed by atoms with Crippen LogP contribution in [0.2, 0.25) is 0 Å². The Morgan fingerprint density at radius 3 is 2.16 bits per heavy atom. The summed E-state index contributed by atoms with van der Waals surface area (Å²) < 4.78 is 0. The van der Waals surface area contributed by atoms with Crippen LogP contribution in [0.3, 0.4) is 0 Å². The maximum atomic E-state index is 12.8. The second-order valence-electron chi connectivity index (χ2n) is 7.38. The van der Waals surface area contributed by atoms with Gasteiger partial charge in [0.05, 0.1) is 11.6 Å². The summed E-state index contributed by atoms with van der Waals surface area (Å²) in [7, 11) is 0. The van der Waals surface area contributed by atoms with Gasteiger partial charge in [-0.3, -0.25) is 9.69 Å². The Kier molecular flexibility index (Phi) is 5.60. The number of hydrogen-bond donors (Lipinski definition) is 0. The van der Waals surface area contributed by atoms with Crippen LogP contribution in [0.25, 0.3) is 0 Å². The molecule has 2 saturated heterocycles. The van der Waals surface area contributed by atoms with Gasteiger partial charge in [0.2, 0.25) is 5.91 Å². The zero-order valence-electron chi connectivity index (χ0n) is 15.3. The number of benzene rings is 1. The summed E-state index contributed by atoms with van der Waals surface area (Å²) >= 11 is 0. The lowest BCUT2D eigenvalue weighted by Crippen LogP contribution is -2.53. The second-order valence-corrected chi connectivity index (χ2v) is 7.38. The molecule has 1 aromatic carbocycles. The zero-order chi connectivity index (χ0) is 17.8. The quantitative estimate of drug-likeness (QED) is 0.847. The molecule has 1 aromatic rings. The van der Waals surface area contributed by atoms with Gasteiger partial charge in [-0.25, -0.2) is 0 Å². The lowest BCUT2D eigenvalue weighted by Gasteiger charge is -2.40. The molecule has 2 heterocycles. The summed E-state index contributed by atoms with van der Waals surface area (Å²) in [6, 6.07) is 10.5. The lowest BCUT2D eigenvalue weighted by atomic mass is 9.94. The molecule has 5 heteroatoms. The number of rotatable bonds is 3. The van der Waals surface area contributed by atoms with Gasteiger partial charge in [0.25, 0.3) is 0 Å². The fourth-order valence-electron chi connectivity index (χ4n) is 3.85. The molecule has 0 bridgehead atoms. The molecule has 0 spiro atoms. The number of nitrogens with zero attached hydrogens (tertiary/aromatic N) is 4. The van der Waals surface area contributed by atoms with Crippen molar-refractivity contribution in [3.8, 4) is 6.07 Å². The number of piperazine rings is 1. The van der Waals surface area contributed by atoms with Crippen molar-refractivity contribution in [3.63, 3.8) is 0 Å². The van der Waals surface area contributed by atoms with Crippen molar-refractivity contribution in [1.29, 1.82) is 5.26 Å². The van der Waals surface area contributed by atoms with E-state index in [1.165, 1.54) is 0 Å². The van der Waals surface area contributed by atoms with Crippen LogP contribution in [-0.2, 0) is 4.79 Å². The molecule has 0 atom stereocenters. The number of piperidine rings is 1. The highest BCUT2D eigenvalue weighted by Gasteiger charge is 2.30. The average Bonchev–Trinajstić information content (AvgIpc) is 2.67. The highest BCUT2D eigenvalue weighted by Crippen LogP contribution is 2.25. The highest BCUT2D eigenvalue weighted by atomic mass is 16.2. The first kappa shape index (κ1) is 17.8. The number of amides is 1. The molecule has 25 heavy (non-hydrogen) atoms. The third kappa shape index (κ3) is 4.13. The molecule has 0 aliphatic carbocycles. The average molecular weight is 340 g/mol. The van der Waals surface area contributed by atoms with Gasteiger partial charge in [-0.15, -0.1) is 0 Å². The van der Waals surface area contributed by atoms with E-state index < -0.39 is 0 Å². The Morgan fingerprint density at radius 2 is 1.64 bits per heavy atom. The Balaban J connectivity index is 1.50. The fraction of sp³-hybridized carbons (Fsp3) is 0.600. The number of hydrogen-bond acceptors (Lipinski definition) is 4. The Hall–Kier alpha value is -2.06. The molecule has 5 nitrogen and oxygen atoms in total. The van der Waals surface area contributed by atoms with Crippen LogP contribution in [0.4, 0.5) is 5.69 Å². The van der Waals surface area contributed by atoms with Crippen molar-refractivity contribution in [2.75, 3.05) is 44.2 Å². The van der Waals surface area contributed by atoms with Crippen LogP contribution in [0.15, 0.2) is 24.3 Å². The van der Waals surface area contributed by atoms with Gasteiger partial charge in [-0.2, -0.15) is 5.26 Å². The predicted octanol–water partition coefficient (Wildman–Crippen LogP) is 2.33. The fourth-order valence-corrected chi connectivity index (χ4v) is 3.85. The summed E-state index contributed by atoms with van der Waals surface area (Å²) in [5.74, 6) is 0.517. The van der Waals surface area contributed by atoms with E-state index in [1.54, 1.807) is 0 Å². The standard InChI is InChI=1S/C20H28N4O/c1-16(2)22-11-13-24(14-12-22)20(25)18-7-9-23(10-8-18)19-5-3-17(15-21)4-6-19/h3-6,16,18H,7-14H2,1-2H3. The van der Waals surface area contributed by atoms with Crippen LogP contribution in [-0.4, -0.2) is 61.0 Å². The molecule has 134 valence electrons. The minimum Gasteiger partial charge on any atom is -0.371 e. The highest BCUT2D eigenvalue weighted by molar-refractivity contribution is 5.79. The molecule has 2 aliphatic rings. The first-order chi connectivity index (χ1) is 12.1. The second kappa shape index (κ2) is 7.88. The third-order valence-corrected chi connectivity index (χ3v) is 5.56. The largest absolute Gasteiger partial charge is 0.371 e. The van der Waals surface area contributed by atoms with E-state index in [1.807, 2.05) is 24.3 Å². The van der Waals surface area contributed by atoms with Gasteiger partial charge in [-0.1, -0.05) is 0 Å². The van der Waals surface area contributed by atoms with E-state index in [4.69, 9.17) is 5.26 Å². The van der Waals surface area contributed by atoms with Crippen molar-refractivity contribution in [1.82, 2.24) is 9.80 Å². The normalized spacial score (nSPS) is 19.9.